The van der Waals surface area contributed by atoms with Crippen LogP contribution in [0, 0.1) is 6.92 Å². The Labute approximate surface area is 113 Å². The largest absolute Gasteiger partial charge is 0.444 e. The predicted molar refractivity (Wildman–Crippen MR) is 71.6 cm³/mol. The van der Waals surface area contributed by atoms with Crippen molar-refractivity contribution in [2.45, 2.75) is 39.7 Å². The van der Waals surface area contributed by atoms with Crippen LogP contribution in [0.15, 0.2) is 16.7 Å². The van der Waals surface area contributed by atoms with Crippen LogP contribution in [-0.4, -0.2) is 34.8 Å². The number of aromatic nitrogens is 1. The molecule has 104 valence electrons. The number of amides is 1. The smallest absolute Gasteiger partial charge is 0.410 e. The number of carbonyl (C=O) groups excluding carboxylic acids is 1. The monoisotopic (exact) mass is 264 g/mol. The first-order valence-corrected chi connectivity index (χ1v) is 6.46. The number of aryl methyl sites for hydroxylation is 1. The van der Waals surface area contributed by atoms with Crippen LogP contribution in [-0.2, 0) is 4.74 Å². The van der Waals surface area contributed by atoms with Crippen molar-refractivity contribution in [2.24, 2.45) is 0 Å². The van der Waals surface area contributed by atoms with Gasteiger partial charge in [0.2, 0.25) is 0 Å². The number of nitrogens with zero attached hydrogens (tertiary/aromatic N) is 2. The SMILES string of the molecule is Cc1cc(C2=CCN(C(=O)OC(C)(C)C)CC2)on1. The van der Waals surface area contributed by atoms with Gasteiger partial charge in [-0.25, -0.2) is 4.79 Å². The van der Waals surface area contributed by atoms with Crippen molar-refractivity contribution in [2.75, 3.05) is 13.1 Å². The van der Waals surface area contributed by atoms with Crippen LogP contribution in [0.5, 0.6) is 0 Å². The maximum atomic E-state index is 11.9. The lowest BCUT2D eigenvalue weighted by Crippen LogP contribution is -2.39. The van der Waals surface area contributed by atoms with Gasteiger partial charge in [-0.2, -0.15) is 0 Å². The average Bonchev–Trinajstić information content (AvgIpc) is 2.74. The Morgan fingerprint density at radius 3 is 2.68 bits per heavy atom. The van der Waals surface area contributed by atoms with Gasteiger partial charge in [-0.1, -0.05) is 11.2 Å². The summed E-state index contributed by atoms with van der Waals surface area (Å²) < 4.78 is 10.6. The molecule has 0 atom stereocenters. The highest BCUT2D eigenvalue weighted by Gasteiger charge is 2.24. The minimum Gasteiger partial charge on any atom is -0.444 e. The molecule has 19 heavy (non-hydrogen) atoms. The van der Waals surface area contributed by atoms with E-state index < -0.39 is 5.60 Å². The van der Waals surface area contributed by atoms with Crippen LogP contribution < -0.4 is 0 Å². The maximum Gasteiger partial charge on any atom is 0.410 e. The lowest BCUT2D eigenvalue weighted by atomic mass is 10.1. The molecule has 0 bridgehead atoms. The van der Waals surface area contributed by atoms with Crippen molar-refractivity contribution in [3.05, 3.63) is 23.6 Å². The van der Waals surface area contributed by atoms with E-state index in [0.717, 1.165) is 23.4 Å². The van der Waals surface area contributed by atoms with Crippen molar-refractivity contribution in [1.82, 2.24) is 10.1 Å². The number of carbonyl (C=O) groups is 1. The molecule has 0 aromatic carbocycles. The van der Waals surface area contributed by atoms with E-state index in [9.17, 15) is 4.79 Å². The molecule has 1 amide bonds. The van der Waals surface area contributed by atoms with Gasteiger partial charge in [-0.05, 0) is 39.7 Å². The van der Waals surface area contributed by atoms with Gasteiger partial charge in [-0.15, -0.1) is 0 Å². The van der Waals surface area contributed by atoms with Crippen LogP contribution in [0.3, 0.4) is 0 Å². The maximum absolute atomic E-state index is 11.9. The fraction of sp³-hybridized carbons (Fsp3) is 0.571. The average molecular weight is 264 g/mol. The summed E-state index contributed by atoms with van der Waals surface area (Å²) in [6.45, 7) is 8.68. The third-order valence-corrected chi connectivity index (χ3v) is 2.81. The lowest BCUT2D eigenvalue weighted by molar-refractivity contribution is 0.0270. The third-order valence-electron chi connectivity index (χ3n) is 2.81. The molecule has 5 nitrogen and oxygen atoms in total. The van der Waals surface area contributed by atoms with Gasteiger partial charge in [-0.3, -0.25) is 0 Å². The Morgan fingerprint density at radius 1 is 1.47 bits per heavy atom. The number of rotatable bonds is 1. The van der Waals surface area contributed by atoms with E-state index >= 15 is 0 Å². The number of ether oxygens (including phenoxy) is 1. The Hall–Kier alpha value is -1.78. The van der Waals surface area contributed by atoms with Crippen LogP contribution in [0.2, 0.25) is 0 Å². The molecule has 2 rings (SSSR count). The summed E-state index contributed by atoms with van der Waals surface area (Å²) in [5, 5.41) is 3.87. The van der Waals surface area contributed by atoms with Crippen molar-refractivity contribution >= 4 is 11.7 Å². The fourth-order valence-electron chi connectivity index (χ4n) is 1.90. The second-order valence-corrected chi connectivity index (χ2v) is 5.74. The van der Waals surface area contributed by atoms with Gasteiger partial charge >= 0.3 is 6.09 Å². The van der Waals surface area contributed by atoms with E-state index in [2.05, 4.69) is 5.16 Å². The summed E-state index contributed by atoms with van der Waals surface area (Å²) in [7, 11) is 0. The number of hydrogen-bond acceptors (Lipinski definition) is 4. The van der Waals surface area contributed by atoms with Crippen LogP contribution in [0.1, 0.15) is 38.6 Å². The summed E-state index contributed by atoms with van der Waals surface area (Å²) in [5.74, 6) is 0.793. The Kier molecular flexibility index (Phi) is 3.64. The first-order chi connectivity index (χ1) is 8.85. The fourth-order valence-corrected chi connectivity index (χ4v) is 1.90. The molecule has 0 unspecified atom stereocenters. The molecule has 1 aromatic heterocycles. The van der Waals surface area contributed by atoms with Gasteiger partial charge in [0, 0.05) is 19.2 Å². The first-order valence-electron chi connectivity index (χ1n) is 6.46. The molecule has 2 heterocycles. The zero-order valence-electron chi connectivity index (χ0n) is 11.9. The molecule has 0 aliphatic carbocycles. The zero-order chi connectivity index (χ0) is 14.0. The van der Waals surface area contributed by atoms with Crippen LogP contribution in [0.25, 0.3) is 5.57 Å². The van der Waals surface area contributed by atoms with E-state index in [4.69, 9.17) is 9.26 Å². The van der Waals surface area contributed by atoms with E-state index in [1.54, 1.807) is 4.90 Å². The molecule has 1 aliphatic heterocycles. The van der Waals surface area contributed by atoms with Crippen molar-refractivity contribution in [1.29, 1.82) is 0 Å². The van der Waals surface area contributed by atoms with E-state index in [1.807, 2.05) is 39.8 Å². The van der Waals surface area contributed by atoms with Crippen molar-refractivity contribution in [3.63, 3.8) is 0 Å². The standard InChI is InChI=1S/C14H20N2O3/c1-10-9-12(19-15-10)11-5-7-16(8-6-11)13(17)18-14(2,3)4/h5,9H,6-8H2,1-4H3. The highest BCUT2D eigenvalue weighted by atomic mass is 16.6. The Balaban J connectivity index is 1.98. The molecule has 0 saturated carbocycles. The third kappa shape index (κ3) is 3.59. The summed E-state index contributed by atoms with van der Waals surface area (Å²) in [6.07, 6.45) is 2.48. The second-order valence-electron chi connectivity index (χ2n) is 5.74. The molecule has 0 saturated heterocycles. The van der Waals surface area contributed by atoms with Gasteiger partial charge < -0.3 is 14.2 Å². The predicted octanol–water partition coefficient (Wildman–Crippen LogP) is 3.01. The first kappa shape index (κ1) is 13.6. The van der Waals surface area contributed by atoms with Crippen molar-refractivity contribution in [3.8, 4) is 0 Å². The molecule has 5 heteroatoms. The molecule has 0 fully saturated rings. The van der Waals surface area contributed by atoms with E-state index in [1.165, 1.54) is 0 Å². The topological polar surface area (TPSA) is 55.6 Å². The molecule has 1 aromatic rings. The number of hydrogen-bond donors (Lipinski definition) is 0. The minimum atomic E-state index is -0.455. The zero-order valence-corrected chi connectivity index (χ0v) is 11.9. The lowest BCUT2D eigenvalue weighted by Gasteiger charge is -2.29. The van der Waals surface area contributed by atoms with Gasteiger partial charge in [0.1, 0.15) is 5.60 Å². The molecule has 0 spiro atoms. The summed E-state index contributed by atoms with van der Waals surface area (Å²) >= 11 is 0. The van der Waals surface area contributed by atoms with E-state index in [-0.39, 0.29) is 6.09 Å². The normalized spacial score (nSPS) is 16.2. The molecule has 0 radical (unpaired) electrons. The Bertz CT molecular complexity index is 497. The Morgan fingerprint density at radius 2 is 2.21 bits per heavy atom. The minimum absolute atomic E-state index is 0.267. The summed E-state index contributed by atoms with van der Waals surface area (Å²) in [5.41, 5.74) is 1.51. The second kappa shape index (κ2) is 5.07. The van der Waals surface area contributed by atoms with Crippen LogP contribution in [0.4, 0.5) is 4.79 Å². The van der Waals surface area contributed by atoms with Crippen LogP contribution >= 0.6 is 0 Å². The quantitative estimate of drug-likeness (QED) is 0.782. The van der Waals surface area contributed by atoms with Gasteiger partial charge in [0.05, 0.1) is 5.69 Å². The highest BCUT2D eigenvalue weighted by Crippen LogP contribution is 2.23. The van der Waals surface area contributed by atoms with Gasteiger partial charge in [0.25, 0.3) is 0 Å². The van der Waals surface area contributed by atoms with Crippen molar-refractivity contribution < 1.29 is 14.1 Å². The van der Waals surface area contributed by atoms with Gasteiger partial charge in [0.15, 0.2) is 5.76 Å². The molecular formula is C14H20N2O3. The molecule has 0 N–H and O–H groups in total. The molecule has 1 aliphatic rings. The van der Waals surface area contributed by atoms with E-state index in [0.29, 0.717) is 13.1 Å². The molecular weight excluding hydrogens is 244 g/mol. The highest BCUT2D eigenvalue weighted by molar-refractivity contribution is 5.71. The summed E-state index contributed by atoms with van der Waals surface area (Å²) in [6, 6.07) is 1.91. The summed E-state index contributed by atoms with van der Waals surface area (Å²) in [4.78, 5) is 13.6.